The Hall–Kier alpha value is -1.99. The minimum absolute atomic E-state index is 0.0525. The minimum Gasteiger partial charge on any atom is -0.379 e. The van der Waals surface area contributed by atoms with Crippen LogP contribution in [0.15, 0.2) is 33.2 Å². The predicted octanol–water partition coefficient (Wildman–Crippen LogP) is 1.93. The van der Waals surface area contributed by atoms with E-state index in [0.717, 1.165) is 4.88 Å². The molecule has 2 aromatic heterocycles. The standard InChI is InChI=1S/C20H26N4O5S3/c25-19(15-5-12-30-14-15)22-16-3-6-23(7-4-16)20(26)21-13-17-1-2-18(31-17)32(27,28)24-8-10-29-11-9-24/h1-2,5,12,14,16H,3-4,6-11,13H2,(H,21,26)(H,22,25). The summed E-state index contributed by atoms with van der Waals surface area (Å²) >= 11 is 2.66. The van der Waals surface area contributed by atoms with E-state index in [9.17, 15) is 18.0 Å². The molecule has 32 heavy (non-hydrogen) atoms. The Labute approximate surface area is 195 Å². The molecule has 0 radical (unpaired) electrons. The van der Waals surface area contributed by atoms with E-state index in [4.69, 9.17) is 4.74 Å². The average molecular weight is 499 g/mol. The third-order valence-corrected chi connectivity index (χ3v) is 9.65. The number of carbonyl (C=O) groups is 2. The van der Waals surface area contributed by atoms with Crippen molar-refractivity contribution < 1.29 is 22.7 Å². The van der Waals surface area contributed by atoms with E-state index in [1.54, 1.807) is 23.1 Å². The van der Waals surface area contributed by atoms with Gasteiger partial charge in [-0.1, -0.05) is 0 Å². The summed E-state index contributed by atoms with van der Waals surface area (Å²) in [5.41, 5.74) is 0.668. The van der Waals surface area contributed by atoms with E-state index in [0.29, 0.717) is 57.8 Å². The number of nitrogens with zero attached hydrogens (tertiary/aromatic N) is 2. The molecule has 4 rings (SSSR count). The second-order valence-electron chi connectivity index (χ2n) is 7.64. The zero-order valence-electron chi connectivity index (χ0n) is 17.5. The van der Waals surface area contributed by atoms with Crippen LogP contribution in [-0.4, -0.2) is 75.0 Å². The Balaban J connectivity index is 1.23. The fraction of sp³-hybridized carbons (Fsp3) is 0.500. The highest BCUT2D eigenvalue weighted by Gasteiger charge is 2.28. The molecule has 2 aromatic rings. The summed E-state index contributed by atoms with van der Waals surface area (Å²) in [6, 6.07) is 5.00. The maximum absolute atomic E-state index is 12.7. The highest BCUT2D eigenvalue weighted by atomic mass is 32.2. The van der Waals surface area contributed by atoms with Gasteiger partial charge in [0.1, 0.15) is 4.21 Å². The molecule has 3 amide bonds. The first kappa shape index (κ1) is 23.2. The lowest BCUT2D eigenvalue weighted by Crippen LogP contribution is -2.49. The molecular formula is C20H26N4O5S3. The molecule has 4 heterocycles. The fourth-order valence-electron chi connectivity index (χ4n) is 3.67. The van der Waals surface area contributed by atoms with Gasteiger partial charge in [-0.25, -0.2) is 13.2 Å². The topological polar surface area (TPSA) is 108 Å². The zero-order valence-corrected chi connectivity index (χ0v) is 19.9. The van der Waals surface area contributed by atoms with Gasteiger partial charge in [0.05, 0.1) is 19.8 Å². The Morgan fingerprint density at radius 2 is 1.84 bits per heavy atom. The number of thiophene rings is 2. The fourth-order valence-corrected chi connectivity index (χ4v) is 7.16. The Bertz CT molecular complexity index is 1020. The first-order chi connectivity index (χ1) is 15.4. The van der Waals surface area contributed by atoms with Gasteiger partial charge in [-0.05, 0) is 36.4 Å². The van der Waals surface area contributed by atoms with Crippen LogP contribution in [0.25, 0.3) is 0 Å². The van der Waals surface area contributed by atoms with Crippen molar-refractivity contribution in [3.8, 4) is 0 Å². The maximum Gasteiger partial charge on any atom is 0.317 e. The van der Waals surface area contributed by atoms with Crippen LogP contribution in [0.5, 0.6) is 0 Å². The van der Waals surface area contributed by atoms with Crippen molar-refractivity contribution in [3.05, 3.63) is 39.4 Å². The van der Waals surface area contributed by atoms with Crippen LogP contribution in [-0.2, 0) is 21.3 Å². The summed E-state index contributed by atoms with van der Waals surface area (Å²) in [5, 5.41) is 9.59. The van der Waals surface area contributed by atoms with Crippen molar-refractivity contribution in [2.45, 2.75) is 29.6 Å². The quantitative estimate of drug-likeness (QED) is 0.633. The molecule has 0 unspecified atom stereocenters. The van der Waals surface area contributed by atoms with Crippen molar-refractivity contribution in [2.75, 3.05) is 39.4 Å². The van der Waals surface area contributed by atoms with E-state index in [1.165, 1.54) is 27.0 Å². The van der Waals surface area contributed by atoms with Crippen LogP contribution in [0.4, 0.5) is 4.79 Å². The predicted molar refractivity (Wildman–Crippen MR) is 123 cm³/mol. The molecule has 174 valence electrons. The molecule has 2 N–H and O–H groups in total. The third kappa shape index (κ3) is 5.49. The number of sulfonamides is 1. The highest BCUT2D eigenvalue weighted by Crippen LogP contribution is 2.25. The second kappa shape index (κ2) is 10.3. The molecule has 0 aliphatic carbocycles. The van der Waals surface area contributed by atoms with Crippen molar-refractivity contribution in [1.29, 1.82) is 0 Å². The Morgan fingerprint density at radius 1 is 1.09 bits per heavy atom. The monoisotopic (exact) mass is 498 g/mol. The van der Waals surface area contributed by atoms with Crippen LogP contribution in [0, 0.1) is 0 Å². The lowest BCUT2D eigenvalue weighted by Gasteiger charge is -2.32. The number of morpholine rings is 1. The number of hydrogen-bond donors (Lipinski definition) is 2. The van der Waals surface area contributed by atoms with E-state index in [-0.39, 0.29) is 28.7 Å². The first-order valence-electron chi connectivity index (χ1n) is 10.5. The molecule has 2 aliphatic heterocycles. The van der Waals surface area contributed by atoms with Gasteiger partial charge in [0, 0.05) is 48.0 Å². The van der Waals surface area contributed by atoms with Gasteiger partial charge in [-0.3, -0.25) is 4.79 Å². The maximum atomic E-state index is 12.7. The minimum atomic E-state index is -3.52. The summed E-state index contributed by atoms with van der Waals surface area (Å²) in [7, 11) is -3.52. The van der Waals surface area contributed by atoms with E-state index in [1.807, 2.05) is 10.8 Å². The second-order valence-corrected chi connectivity index (χ2v) is 11.8. The molecular weight excluding hydrogens is 472 g/mol. The van der Waals surface area contributed by atoms with Crippen molar-refractivity contribution in [2.24, 2.45) is 0 Å². The normalized spacial score (nSPS) is 18.4. The number of ether oxygens (including phenoxy) is 1. The van der Waals surface area contributed by atoms with E-state index >= 15 is 0 Å². The van der Waals surface area contributed by atoms with Crippen molar-refractivity contribution in [1.82, 2.24) is 19.8 Å². The average Bonchev–Trinajstić information content (AvgIpc) is 3.51. The van der Waals surface area contributed by atoms with E-state index < -0.39 is 10.0 Å². The van der Waals surface area contributed by atoms with E-state index in [2.05, 4.69) is 10.6 Å². The summed E-state index contributed by atoms with van der Waals surface area (Å²) in [5.74, 6) is -0.0744. The number of nitrogens with one attached hydrogen (secondary N) is 2. The van der Waals surface area contributed by atoms with Gasteiger partial charge in [0.25, 0.3) is 15.9 Å². The molecule has 0 saturated carbocycles. The summed E-state index contributed by atoms with van der Waals surface area (Å²) < 4.78 is 32.4. The van der Waals surface area contributed by atoms with Gasteiger partial charge in [-0.15, -0.1) is 11.3 Å². The van der Waals surface area contributed by atoms with Gasteiger partial charge in [-0.2, -0.15) is 15.6 Å². The molecule has 0 bridgehead atoms. The molecule has 2 fully saturated rings. The summed E-state index contributed by atoms with van der Waals surface area (Å²) in [6.45, 7) is 2.91. The Morgan fingerprint density at radius 3 is 2.53 bits per heavy atom. The van der Waals surface area contributed by atoms with Crippen LogP contribution < -0.4 is 10.6 Å². The van der Waals surface area contributed by atoms with Gasteiger partial charge in [0.2, 0.25) is 0 Å². The number of amides is 3. The molecule has 0 atom stereocenters. The van der Waals surface area contributed by atoms with Crippen molar-refractivity contribution >= 4 is 44.6 Å². The smallest absolute Gasteiger partial charge is 0.317 e. The van der Waals surface area contributed by atoms with Crippen LogP contribution in [0.3, 0.4) is 0 Å². The summed E-state index contributed by atoms with van der Waals surface area (Å²) in [6.07, 6.45) is 1.40. The Kier molecular flexibility index (Phi) is 7.46. The number of likely N-dealkylation sites (tertiary alicyclic amines) is 1. The van der Waals surface area contributed by atoms with Crippen LogP contribution >= 0.6 is 22.7 Å². The van der Waals surface area contributed by atoms with Crippen LogP contribution in [0.1, 0.15) is 28.1 Å². The number of urea groups is 1. The molecule has 0 spiro atoms. The number of hydrogen-bond acceptors (Lipinski definition) is 7. The number of carbonyl (C=O) groups excluding carboxylic acids is 2. The molecule has 2 saturated heterocycles. The highest BCUT2D eigenvalue weighted by molar-refractivity contribution is 7.91. The lowest BCUT2D eigenvalue weighted by atomic mass is 10.0. The SMILES string of the molecule is O=C(NC1CCN(C(=O)NCc2ccc(S(=O)(=O)N3CCOCC3)s2)CC1)c1ccsc1. The third-order valence-electron chi connectivity index (χ3n) is 5.52. The lowest BCUT2D eigenvalue weighted by molar-refractivity contribution is 0.0731. The number of piperidine rings is 1. The molecule has 9 nitrogen and oxygen atoms in total. The molecule has 2 aliphatic rings. The van der Waals surface area contributed by atoms with Gasteiger partial charge < -0.3 is 20.3 Å². The van der Waals surface area contributed by atoms with Crippen molar-refractivity contribution in [3.63, 3.8) is 0 Å². The summed E-state index contributed by atoms with van der Waals surface area (Å²) in [4.78, 5) is 27.2. The zero-order chi connectivity index (χ0) is 22.6. The number of rotatable bonds is 6. The van der Waals surface area contributed by atoms with Crippen LogP contribution in [0.2, 0.25) is 0 Å². The molecule has 0 aromatic carbocycles. The first-order valence-corrected chi connectivity index (χ1v) is 13.7. The largest absolute Gasteiger partial charge is 0.379 e. The molecule has 12 heteroatoms. The van der Waals surface area contributed by atoms with Gasteiger partial charge >= 0.3 is 6.03 Å². The van der Waals surface area contributed by atoms with Gasteiger partial charge in [0.15, 0.2) is 0 Å².